The van der Waals surface area contributed by atoms with Crippen LogP contribution in [0.1, 0.15) is 44.1 Å². The molecular weight excluding hydrogens is 292 g/mol. The van der Waals surface area contributed by atoms with Crippen LogP contribution in [-0.4, -0.2) is 39.3 Å². The van der Waals surface area contributed by atoms with Crippen molar-refractivity contribution in [2.75, 3.05) is 20.8 Å². The molecule has 4 heteroatoms. The van der Waals surface area contributed by atoms with E-state index in [0.717, 1.165) is 45.1 Å². The highest BCUT2D eigenvalue weighted by Crippen LogP contribution is 2.27. The molecule has 0 heterocycles. The van der Waals surface area contributed by atoms with Crippen molar-refractivity contribution < 1.29 is 18.9 Å². The van der Waals surface area contributed by atoms with Crippen molar-refractivity contribution in [1.82, 2.24) is 0 Å². The highest BCUT2D eigenvalue weighted by atomic mass is 16.7. The van der Waals surface area contributed by atoms with Gasteiger partial charge >= 0.3 is 0 Å². The molecule has 0 radical (unpaired) electrons. The third-order valence-corrected chi connectivity index (χ3v) is 4.34. The maximum Gasteiger partial charge on any atom is 0.156 e. The van der Waals surface area contributed by atoms with Crippen LogP contribution in [0.5, 0.6) is 0 Å². The predicted molar refractivity (Wildman–Crippen MR) is 90.3 cm³/mol. The van der Waals surface area contributed by atoms with Crippen molar-refractivity contribution in [3.8, 4) is 0 Å². The first-order chi connectivity index (χ1) is 11.3. The molecule has 0 spiro atoms. The summed E-state index contributed by atoms with van der Waals surface area (Å²) >= 11 is 0. The summed E-state index contributed by atoms with van der Waals surface area (Å²) in [6.07, 6.45) is 7.08. The third kappa shape index (κ3) is 7.00. The van der Waals surface area contributed by atoms with Crippen LogP contribution in [0.25, 0.3) is 0 Å². The van der Waals surface area contributed by atoms with Crippen molar-refractivity contribution in [3.63, 3.8) is 0 Å². The minimum absolute atomic E-state index is 0.0647. The van der Waals surface area contributed by atoms with Gasteiger partial charge in [-0.05, 0) is 37.7 Å². The Morgan fingerprint density at radius 3 is 2.30 bits per heavy atom. The molecule has 0 aromatic heterocycles. The Bertz CT molecular complexity index is 399. The maximum absolute atomic E-state index is 5.88. The van der Waals surface area contributed by atoms with Gasteiger partial charge < -0.3 is 18.9 Å². The van der Waals surface area contributed by atoms with E-state index in [0.29, 0.717) is 18.8 Å². The van der Waals surface area contributed by atoms with Crippen molar-refractivity contribution in [2.45, 2.75) is 63.6 Å². The van der Waals surface area contributed by atoms with Gasteiger partial charge in [-0.1, -0.05) is 36.8 Å². The van der Waals surface area contributed by atoms with Crippen molar-refractivity contribution in [2.24, 2.45) is 0 Å². The molecule has 1 fully saturated rings. The quantitative estimate of drug-likeness (QED) is 0.431. The van der Waals surface area contributed by atoms with Gasteiger partial charge in [-0.3, -0.25) is 0 Å². The van der Waals surface area contributed by atoms with Gasteiger partial charge in [0.05, 0.1) is 18.8 Å². The Morgan fingerprint density at radius 2 is 1.61 bits per heavy atom. The summed E-state index contributed by atoms with van der Waals surface area (Å²) in [5.74, 6) is 0. The summed E-state index contributed by atoms with van der Waals surface area (Å²) in [6.45, 7) is 1.55. The molecule has 0 amide bonds. The minimum Gasteiger partial charge on any atom is -0.378 e. The first-order valence-corrected chi connectivity index (χ1v) is 8.64. The van der Waals surface area contributed by atoms with Crippen LogP contribution in [0.2, 0.25) is 0 Å². The SMILES string of the molecule is COC(CCCCCO[C@H]1C[C@@H](OCc2ccccc2)C1)OC. The van der Waals surface area contributed by atoms with E-state index in [1.54, 1.807) is 14.2 Å². The molecule has 1 aliphatic rings. The molecule has 1 aromatic rings. The summed E-state index contributed by atoms with van der Waals surface area (Å²) in [5.41, 5.74) is 1.24. The van der Waals surface area contributed by atoms with Crippen molar-refractivity contribution >= 4 is 0 Å². The normalized spacial score (nSPS) is 20.7. The third-order valence-electron chi connectivity index (χ3n) is 4.34. The number of rotatable bonds is 12. The van der Waals surface area contributed by atoms with Crippen LogP contribution in [0.15, 0.2) is 30.3 Å². The first-order valence-electron chi connectivity index (χ1n) is 8.64. The smallest absolute Gasteiger partial charge is 0.156 e. The molecule has 1 saturated carbocycles. The molecule has 1 aliphatic carbocycles. The van der Waals surface area contributed by atoms with Gasteiger partial charge in [0.25, 0.3) is 0 Å². The van der Waals surface area contributed by atoms with E-state index >= 15 is 0 Å². The van der Waals surface area contributed by atoms with E-state index < -0.39 is 0 Å². The molecule has 0 N–H and O–H groups in total. The Morgan fingerprint density at radius 1 is 0.913 bits per heavy atom. The zero-order valence-corrected chi connectivity index (χ0v) is 14.4. The van der Waals surface area contributed by atoms with Gasteiger partial charge in [-0.15, -0.1) is 0 Å². The molecule has 0 unspecified atom stereocenters. The van der Waals surface area contributed by atoms with E-state index in [9.17, 15) is 0 Å². The molecule has 0 bridgehead atoms. The lowest BCUT2D eigenvalue weighted by molar-refractivity contribution is -0.110. The average Bonchev–Trinajstić information content (AvgIpc) is 2.56. The first kappa shape index (κ1) is 18.4. The molecular formula is C19H30O4. The Hall–Kier alpha value is -0.940. The molecule has 4 nitrogen and oxygen atoms in total. The molecule has 23 heavy (non-hydrogen) atoms. The largest absolute Gasteiger partial charge is 0.378 e. The predicted octanol–water partition coefficient (Wildman–Crippen LogP) is 3.93. The minimum atomic E-state index is -0.0647. The van der Waals surface area contributed by atoms with Gasteiger partial charge in [0.2, 0.25) is 0 Å². The Labute approximate surface area is 140 Å². The van der Waals surface area contributed by atoms with E-state index in [1.807, 2.05) is 18.2 Å². The topological polar surface area (TPSA) is 36.9 Å². The van der Waals surface area contributed by atoms with Crippen molar-refractivity contribution in [1.29, 1.82) is 0 Å². The fraction of sp³-hybridized carbons (Fsp3) is 0.684. The number of hydrogen-bond donors (Lipinski definition) is 0. The molecule has 0 aliphatic heterocycles. The highest BCUT2D eigenvalue weighted by Gasteiger charge is 2.30. The second-order valence-corrected chi connectivity index (χ2v) is 6.13. The van der Waals surface area contributed by atoms with Crippen LogP contribution in [0.3, 0.4) is 0 Å². The summed E-state index contributed by atoms with van der Waals surface area (Å²) in [4.78, 5) is 0. The lowest BCUT2D eigenvalue weighted by Gasteiger charge is -2.35. The Balaban J connectivity index is 1.41. The van der Waals surface area contributed by atoms with Crippen LogP contribution >= 0.6 is 0 Å². The Kier molecular flexibility index (Phi) is 8.61. The fourth-order valence-electron chi connectivity index (χ4n) is 2.75. The zero-order valence-electron chi connectivity index (χ0n) is 14.4. The zero-order chi connectivity index (χ0) is 16.3. The lowest BCUT2D eigenvalue weighted by atomic mass is 9.92. The fourth-order valence-corrected chi connectivity index (χ4v) is 2.75. The lowest BCUT2D eigenvalue weighted by Crippen LogP contribution is -2.37. The second-order valence-electron chi connectivity index (χ2n) is 6.13. The highest BCUT2D eigenvalue weighted by molar-refractivity contribution is 5.13. The average molecular weight is 322 g/mol. The van der Waals surface area contributed by atoms with Crippen LogP contribution in [0.4, 0.5) is 0 Å². The molecule has 0 atom stereocenters. The van der Waals surface area contributed by atoms with Crippen molar-refractivity contribution in [3.05, 3.63) is 35.9 Å². The van der Waals surface area contributed by atoms with E-state index in [2.05, 4.69) is 12.1 Å². The molecule has 0 saturated heterocycles. The molecule has 1 aromatic carbocycles. The second kappa shape index (κ2) is 10.8. The number of ether oxygens (including phenoxy) is 4. The van der Waals surface area contributed by atoms with Gasteiger partial charge in [0.15, 0.2) is 6.29 Å². The summed E-state index contributed by atoms with van der Waals surface area (Å²) < 4.78 is 22.1. The number of methoxy groups -OCH3 is 2. The van der Waals surface area contributed by atoms with E-state index in [4.69, 9.17) is 18.9 Å². The standard InChI is InChI=1S/C19H30O4/c1-20-19(21-2)11-7-4-8-12-22-17-13-18(14-17)23-15-16-9-5-3-6-10-16/h3,5-6,9-10,17-19H,4,7-8,11-15H2,1-2H3/t17-,18+. The van der Waals surface area contributed by atoms with Gasteiger partial charge in [0, 0.05) is 20.8 Å². The van der Waals surface area contributed by atoms with Gasteiger partial charge in [-0.2, -0.15) is 0 Å². The maximum atomic E-state index is 5.88. The molecule has 2 rings (SSSR count). The van der Waals surface area contributed by atoms with Crippen LogP contribution in [0, 0.1) is 0 Å². The van der Waals surface area contributed by atoms with E-state index in [1.165, 1.54) is 5.56 Å². The van der Waals surface area contributed by atoms with Gasteiger partial charge in [-0.25, -0.2) is 0 Å². The summed E-state index contributed by atoms with van der Waals surface area (Å²) in [7, 11) is 3.37. The number of hydrogen-bond acceptors (Lipinski definition) is 4. The van der Waals surface area contributed by atoms with E-state index in [-0.39, 0.29) is 6.29 Å². The monoisotopic (exact) mass is 322 g/mol. The van der Waals surface area contributed by atoms with Crippen LogP contribution < -0.4 is 0 Å². The summed E-state index contributed by atoms with van der Waals surface area (Å²) in [5, 5.41) is 0. The number of benzene rings is 1. The summed E-state index contributed by atoms with van der Waals surface area (Å²) in [6, 6.07) is 10.3. The van der Waals surface area contributed by atoms with Gasteiger partial charge in [0.1, 0.15) is 0 Å². The number of unbranched alkanes of at least 4 members (excludes halogenated alkanes) is 2. The van der Waals surface area contributed by atoms with Crippen LogP contribution in [-0.2, 0) is 25.6 Å². The molecule has 130 valence electrons.